The van der Waals surface area contributed by atoms with E-state index < -0.39 is 60.2 Å². The van der Waals surface area contributed by atoms with E-state index in [1.54, 1.807) is 30.3 Å². The van der Waals surface area contributed by atoms with Crippen molar-refractivity contribution in [2.75, 3.05) is 0 Å². The van der Waals surface area contributed by atoms with E-state index in [1.807, 2.05) is 0 Å². The van der Waals surface area contributed by atoms with Crippen LogP contribution in [0.15, 0.2) is 30.3 Å². The molecule has 31 heavy (non-hydrogen) atoms. The van der Waals surface area contributed by atoms with Gasteiger partial charge in [-0.3, -0.25) is 24.0 Å². The van der Waals surface area contributed by atoms with Crippen LogP contribution in [0.2, 0.25) is 0 Å². The Balaban J connectivity index is 3.02. The Morgan fingerprint density at radius 2 is 1.42 bits per heavy atom. The van der Waals surface area contributed by atoms with Crippen LogP contribution in [0.3, 0.4) is 0 Å². The Morgan fingerprint density at radius 3 is 1.94 bits per heavy atom. The molecule has 3 amide bonds. The van der Waals surface area contributed by atoms with E-state index in [1.165, 1.54) is 13.8 Å². The summed E-state index contributed by atoms with van der Waals surface area (Å²) in [5.41, 5.74) is 6.30. The number of nitrogens with two attached hydrogens (primary N) is 1. The normalized spacial score (nSPS) is 14.4. The summed E-state index contributed by atoms with van der Waals surface area (Å²) < 4.78 is 0. The molecule has 0 radical (unpaired) electrons. The molecule has 1 aromatic carbocycles. The molecule has 1 aromatic rings. The van der Waals surface area contributed by atoms with Crippen LogP contribution in [-0.4, -0.2) is 64.0 Å². The molecule has 0 spiro atoms. The smallest absolute Gasteiger partial charge is 0.325 e. The molecule has 170 valence electrons. The van der Waals surface area contributed by atoms with Gasteiger partial charge in [0, 0.05) is 12.8 Å². The summed E-state index contributed by atoms with van der Waals surface area (Å²) >= 11 is 0. The van der Waals surface area contributed by atoms with Gasteiger partial charge in [-0.05, 0) is 25.8 Å². The summed E-state index contributed by atoms with van der Waals surface area (Å²) in [6, 6.07) is 4.29. The minimum absolute atomic E-state index is 0.101. The minimum Gasteiger partial charge on any atom is -0.481 e. The number of aliphatic carboxylic acids is 2. The number of nitrogens with one attached hydrogen (secondary N) is 3. The Kier molecular flexibility index (Phi) is 10.1. The van der Waals surface area contributed by atoms with Crippen LogP contribution < -0.4 is 21.7 Å². The molecular weight excluding hydrogens is 408 g/mol. The molecule has 4 unspecified atom stereocenters. The molecular formula is C20H28N4O7. The lowest BCUT2D eigenvalue weighted by Gasteiger charge is -2.24. The van der Waals surface area contributed by atoms with Crippen molar-refractivity contribution >= 4 is 29.7 Å². The predicted octanol–water partition coefficient (Wildman–Crippen LogP) is -1.000. The summed E-state index contributed by atoms with van der Waals surface area (Å²) in [5, 5.41) is 25.0. The van der Waals surface area contributed by atoms with Crippen LogP contribution in [0.4, 0.5) is 0 Å². The molecule has 0 bridgehead atoms. The maximum atomic E-state index is 12.9. The van der Waals surface area contributed by atoms with Crippen molar-refractivity contribution in [3.05, 3.63) is 35.9 Å². The topological polar surface area (TPSA) is 188 Å². The maximum absolute atomic E-state index is 12.9. The van der Waals surface area contributed by atoms with E-state index in [9.17, 15) is 24.0 Å². The van der Waals surface area contributed by atoms with Crippen molar-refractivity contribution in [2.45, 2.75) is 57.3 Å². The van der Waals surface area contributed by atoms with Crippen molar-refractivity contribution in [2.24, 2.45) is 5.73 Å². The molecule has 0 aliphatic rings. The molecule has 0 aromatic heterocycles. The first-order valence-corrected chi connectivity index (χ1v) is 9.66. The van der Waals surface area contributed by atoms with Gasteiger partial charge in [0.15, 0.2) is 0 Å². The number of carboxylic acids is 2. The van der Waals surface area contributed by atoms with Crippen molar-refractivity contribution < 1.29 is 34.2 Å². The van der Waals surface area contributed by atoms with Crippen molar-refractivity contribution in [3.63, 3.8) is 0 Å². The van der Waals surface area contributed by atoms with E-state index in [0.29, 0.717) is 0 Å². The fourth-order valence-corrected chi connectivity index (χ4v) is 2.55. The first-order valence-electron chi connectivity index (χ1n) is 9.66. The molecule has 7 N–H and O–H groups in total. The van der Waals surface area contributed by atoms with Gasteiger partial charge in [-0.2, -0.15) is 0 Å². The summed E-state index contributed by atoms with van der Waals surface area (Å²) in [7, 11) is 0. The highest BCUT2D eigenvalue weighted by atomic mass is 16.4. The number of benzene rings is 1. The number of carbonyl (C=O) groups is 5. The van der Waals surface area contributed by atoms with Gasteiger partial charge in [0.2, 0.25) is 17.7 Å². The van der Waals surface area contributed by atoms with Gasteiger partial charge < -0.3 is 31.9 Å². The summed E-state index contributed by atoms with van der Waals surface area (Å²) in [6.07, 6.45) is -0.599. The van der Waals surface area contributed by atoms with Crippen LogP contribution in [0.5, 0.6) is 0 Å². The van der Waals surface area contributed by atoms with Crippen LogP contribution in [0.25, 0.3) is 0 Å². The van der Waals surface area contributed by atoms with Crippen molar-refractivity contribution in [1.29, 1.82) is 0 Å². The standard InChI is InChI=1S/C20H28N4O7/c1-11(21)17(27)24-15(10-13-6-4-3-5-7-13)19(29)23-14(8-9-16(25)26)18(28)22-12(2)20(30)31/h3-7,11-12,14-15H,8-10,21H2,1-2H3,(H,22,28)(H,23,29)(H,24,27)(H,25,26)(H,30,31). The fourth-order valence-electron chi connectivity index (χ4n) is 2.55. The number of rotatable bonds is 12. The monoisotopic (exact) mass is 436 g/mol. The highest BCUT2D eigenvalue weighted by Crippen LogP contribution is 2.06. The zero-order valence-electron chi connectivity index (χ0n) is 17.3. The molecule has 0 fully saturated rings. The Labute approximate surface area is 179 Å². The SMILES string of the molecule is CC(N)C(=O)NC(Cc1ccccc1)C(=O)NC(CCC(=O)O)C(=O)NC(C)C(=O)O. The van der Waals surface area contributed by atoms with Crippen molar-refractivity contribution in [3.8, 4) is 0 Å². The lowest BCUT2D eigenvalue weighted by Crippen LogP contribution is -2.57. The van der Waals surface area contributed by atoms with Crippen LogP contribution in [-0.2, 0) is 30.4 Å². The molecule has 0 saturated carbocycles. The van der Waals surface area contributed by atoms with Crippen LogP contribution in [0.1, 0.15) is 32.3 Å². The Hall–Kier alpha value is -3.47. The lowest BCUT2D eigenvalue weighted by atomic mass is 10.0. The van der Waals surface area contributed by atoms with Crippen LogP contribution >= 0.6 is 0 Å². The highest BCUT2D eigenvalue weighted by molar-refractivity contribution is 5.94. The largest absolute Gasteiger partial charge is 0.481 e. The third kappa shape index (κ3) is 9.26. The number of carbonyl (C=O) groups excluding carboxylic acids is 3. The maximum Gasteiger partial charge on any atom is 0.325 e. The summed E-state index contributed by atoms with van der Waals surface area (Å²) in [4.78, 5) is 59.3. The highest BCUT2D eigenvalue weighted by Gasteiger charge is 2.29. The third-order valence-corrected chi connectivity index (χ3v) is 4.34. The van der Waals surface area contributed by atoms with Gasteiger partial charge in [-0.15, -0.1) is 0 Å². The number of hydrogen-bond acceptors (Lipinski definition) is 6. The molecule has 11 heteroatoms. The molecule has 0 saturated heterocycles. The molecule has 1 rings (SSSR count). The van der Waals surface area contributed by atoms with Gasteiger partial charge in [0.05, 0.1) is 6.04 Å². The molecule has 0 heterocycles. The summed E-state index contributed by atoms with van der Waals surface area (Å²) in [6.45, 7) is 2.68. The Bertz CT molecular complexity index is 798. The minimum atomic E-state index is -1.31. The van der Waals surface area contributed by atoms with Gasteiger partial charge >= 0.3 is 11.9 Å². The second kappa shape index (κ2) is 12.3. The molecule has 4 atom stereocenters. The number of carboxylic acid groups (broad SMARTS) is 2. The van der Waals surface area contributed by atoms with Gasteiger partial charge in [0.1, 0.15) is 18.1 Å². The second-order valence-corrected chi connectivity index (χ2v) is 7.10. The van der Waals surface area contributed by atoms with E-state index in [0.717, 1.165) is 5.56 Å². The van der Waals surface area contributed by atoms with Crippen molar-refractivity contribution in [1.82, 2.24) is 16.0 Å². The first kappa shape index (κ1) is 25.6. The van der Waals surface area contributed by atoms with Gasteiger partial charge in [-0.25, -0.2) is 0 Å². The zero-order chi connectivity index (χ0) is 23.6. The van der Waals surface area contributed by atoms with Gasteiger partial charge in [-0.1, -0.05) is 30.3 Å². The first-order chi connectivity index (χ1) is 14.5. The van der Waals surface area contributed by atoms with E-state index in [-0.39, 0.29) is 12.8 Å². The van der Waals surface area contributed by atoms with Gasteiger partial charge in [0.25, 0.3) is 0 Å². The van der Waals surface area contributed by atoms with E-state index in [4.69, 9.17) is 15.9 Å². The molecule has 0 aliphatic carbocycles. The predicted molar refractivity (Wildman–Crippen MR) is 110 cm³/mol. The molecule has 11 nitrogen and oxygen atoms in total. The fraction of sp³-hybridized carbons (Fsp3) is 0.450. The van der Waals surface area contributed by atoms with Crippen LogP contribution in [0, 0.1) is 0 Å². The third-order valence-electron chi connectivity index (χ3n) is 4.34. The quantitative estimate of drug-likeness (QED) is 0.240. The number of hydrogen-bond donors (Lipinski definition) is 6. The average molecular weight is 436 g/mol. The van der Waals surface area contributed by atoms with E-state index >= 15 is 0 Å². The lowest BCUT2D eigenvalue weighted by molar-refractivity contribution is -0.142. The second-order valence-electron chi connectivity index (χ2n) is 7.10. The number of amides is 3. The zero-order valence-corrected chi connectivity index (χ0v) is 17.3. The summed E-state index contributed by atoms with van der Waals surface area (Å²) in [5.74, 6) is -4.64. The van der Waals surface area contributed by atoms with E-state index in [2.05, 4.69) is 16.0 Å². The Morgan fingerprint density at radius 1 is 0.871 bits per heavy atom. The molecule has 0 aliphatic heterocycles. The average Bonchev–Trinajstić information content (AvgIpc) is 2.70.